The first-order valence-corrected chi connectivity index (χ1v) is 18.0. The molecule has 286 valence electrons. The predicted octanol–water partition coefficient (Wildman–Crippen LogP) is 4.40. The van der Waals surface area contributed by atoms with E-state index in [1.807, 2.05) is 55.4 Å². The third kappa shape index (κ3) is 14.1. The van der Waals surface area contributed by atoms with Gasteiger partial charge in [0.15, 0.2) is 0 Å². The molecule has 2 saturated heterocycles. The van der Waals surface area contributed by atoms with E-state index in [1.165, 1.54) is 9.96 Å². The lowest BCUT2D eigenvalue weighted by Crippen LogP contribution is -2.61. The molecule has 14 heteroatoms. The lowest BCUT2D eigenvalue weighted by molar-refractivity contribution is -0.256. The highest BCUT2D eigenvalue weighted by molar-refractivity contribution is 5.92. The molecule has 0 unspecified atom stereocenters. The van der Waals surface area contributed by atoms with Crippen LogP contribution in [0.15, 0.2) is 12.2 Å². The Bertz CT molecular complexity index is 1190. The molecule has 0 aromatic carbocycles. The molecule has 0 spiro atoms. The number of ether oxygens (including phenoxy) is 2. The Balaban J connectivity index is 2.00. The van der Waals surface area contributed by atoms with E-state index >= 15 is 0 Å². The number of likely N-dealkylation sites (tertiary alicyclic amines) is 1. The second-order valence-electron chi connectivity index (χ2n) is 16.6. The highest BCUT2D eigenvalue weighted by Gasteiger charge is 2.46. The van der Waals surface area contributed by atoms with Crippen LogP contribution in [0.1, 0.15) is 121 Å². The van der Waals surface area contributed by atoms with Crippen LogP contribution in [0.5, 0.6) is 0 Å². The summed E-state index contributed by atoms with van der Waals surface area (Å²) in [6, 6.07) is -2.19. The summed E-state index contributed by atoms with van der Waals surface area (Å²) in [5.74, 6) is -0.773. The molecule has 0 radical (unpaired) electrons. The number of hydrogen-bond donors (Lipinski definition) is 5. The van der Waals surface area contributed by atoms with Crippen molar-refractivity contribution in [3.63, 3.8) is 0 Å². The van der Waals surface area contributed by atoms with Crippen LogP contribution in [0.25, 0.3) is 0 Å². The first kappa shape index (κ1) is 42.8. The molecule has 2 aliphatic rings. The van der Waals surface area contributed by atoms with Crippen molar-refractivity contribution in [1.82, 2.24) is 31.2 Å². The highest BCUT2D eigenvalue weighted by atomic mass is 16.6. The summed E-state index contributed by atoms with van der Waals surface area (Å²) < 4.78 is 11.1. The van der Waals surface area contributed by atoms with E-state index < -0.39 is 58.9 Å². The summed E-state index contributed by atoms with van der Waals surface area (Å²) in [6.07, 6.45) is 4.72. The molecule has 2 heterocycles. The lowest BCUT2D eigenvalue weighted by Gasteiger charge is -2.50. The minimum absolute atomic E-state index is 0.0450. The Morgan fingerprint density at radius 3 is 2.12 bits per heavy atom. The fourth-order valence-electron chi connectivity index (χ4n) is 6.64. The molecule has 0 bridgehead atoms. The van der Waals surface area contributed by atoms with Gasteiger partial charge in [-0.1, -0.05) is 26.0 Å². The number of nitrogens with one attached hydrogen (secondary N) is 4. The van der Waals surface area contributed by atoms with Gasteiger partial charge >= 0.3 is 12.2 Å². The van der Waals surface area contributed by atoms with Crippen molar-refractivity contribution in [2.24, 2.45) is 5.92 Å². The minimum atomic E-state index is -0.950. The quantitative estimate of drug-likeness (QED) is 0.164. The maximum Gasteiger partial charge on any atom is 0.408 e. The number of carbonyl (C=O) groups excluding carboxylic acids is 5. The molecule has 2 fully saturated rings. The van der Waals surface area contributed by atoms with Crippen LogP contribution >= 0.6 is 0 Å². The van der Waals surface area contributed by atoms with Gasteiger partial charge in [-0.15, -0.1) is 0 Å². The fourth-order valence-corrected chi connectivity index (χ4v) is 6.64. The average Bonchev–Trinajstić information content (AvgIpc) is 3.43. The molecule has 3 atom stereocenters. The summed E-state index contributed by atoms with van der Waals surface area (Å²) in [7, 11) is 0. The van der Waals surface area contributed by atoms with Crippen molar-refractivity contribution < 1.29 is 38.7 Å². The zero-order chi connectivity index (χ0) is 38.0. The molecule has 50 heavy (non-hydrogen) atoms. The first-order valence-electron chi connectivity index (χ1n) is 18.0. The van der Waals surface area contributed by atoms with E-state index in [4.69, 9.17) is 9.47 Å². The Labute approximate surface area is 298 Å². The lowest BCUT2D eigenvalue weighted by atomic mass is 9.80. The number of rotatable bonds is 14. The Kier molecular flexibility index (Phi) is 15.6. The topological polar surface area (TPSA) is 179 Å². The number of hydroxylamine groups is 2. The van der Waals surface area contributed by atoms with Gasteiger partial charge < -0.3 is 40.8 Å². The van der Waals surface area contributed by atoms with Crippen molar-refractivity contribution >= 4 is 29.9 Å². The number of nitrogens with zero attached hydrogens (tertiary/aromatic N) is 2. The van der Waals surface area contributed by atoms with Crippen LogP contribution in [-0.4, -0.2) is 105 Å². The Hall–Kier alpha value is -3.39. The van der Waals surface area contributed by atoms with E-state index in [0.717, 1.165) is 0 Å². The number of hydrogen-bond acceptors (Lipinski definition) is 9. The highest BCUT2D eigenvalue weighted by Crippen LogP contribution is 2.37. The van der Waals surface area contributed by atoms with Gasteiger partial charge in [0.2, 0.25) is 17.7 Å². The maximum absolute atomic E-state index is 13.5. The van der Waals surface area contributed by atoms with Crippen molar-refractivity contribution in [1.29, 1.82) is 0 Å². The van der Waals surface area contributed by atoms with Crippen molar-refractivity contribution in [3.8, 4) is 0 Å². The SMILES string of the molecule is CC(C)C[C@@H](/C=C/CC(=O)N1CCC[C@H]1C(=O)N[C@@H](CCNC(=O)OC1CC(C)(C)N(O)C(C)(C)C1)C(=O)NC(C)C)NC(=O)OC(C)(C)C. The largest absolute Gasteiger partial charge is 0.446 e. The standard InChI is InChI=1S/C36H64N6O8/c1-23(2)20-25(39-33(47)50-34(5,6)7)14-12-16-29(43)41-19-13-15-28(41)31(45)40-27(30(44)38-24(3)4)17-18-37-32(46)49-26-21-35(8,9)42(48)36(10,11)22-26/h12,14,23-28,48H,13,15-22H2,1-11H3,(H,37,46)(H,38,44)(H,39,47)(H,40,45)/b14-12+/t25-,27+,28+/m1/s1. The number of alkyl carbamates (subject to hydrolysis) is 2. The fraction of sp³-hybridized carbons (Fsp3) is 0.806. The zero-order valence-corrected chi connectivity index (χ0v) is 32.2. The first-order chi connectivity index (χ1) is 23.0. The zero-order valence-electron chi connectivity index (χ0n) is 32.2. The summed E-state index contributed by atoms with van der Waals surface area (Å²) in [5, 5.41) is 23.0. The molecule has 0 saturated carbocycles. The van der Waals surface area contributed by atoms with Gasteiger partial charge in [0.1, 0.15) is 23.8 Å². The van der Waals surface area contributed by atoms with Gasteiger partial charge in [0, 0.05) is 49.5 Å². The molecule has 14 nitrogen and oxygen atoms in total. The molecule has 5 amide bonds. The van der Waals surface area contributed by atoms with Gasteiger partial charge in [0.25, 0.3) is 0 Å². The van der Waals surface area contributed by atoms with Crippen molar-refractivity contribution in [3.05, 3.63) is 12.2 Å². The molecule has 2 rings (SSSR count). The van der Waals surface area contributed by atoms with Crippen molar-refractivity contribution in [2.75, 3.05) is 13.1 Å². The average molecular weight is 709 g/mol. The number of amides is 5. The normalized spacial score (nSPS) is 20.8. The van der Waals surface area contributed by atoms with Gasteiger partial charge in [-0.3, -0.25) is 14.4 Å². The van der Waals surface area contributed by atoms with Crippen LogP contribution in [0.3, 0.4) is 0 Å². The minimum Gasteiger partial charge on any atom is -0.446 e. The summed E-state index contributed by atoms with van der Waals surface area (Å²) in [6.45, 7) is 21.1. The van der Waals surface area contributed by atoms with Crippen LogP contribution in [0.2, 0.25) is 0 Å². The molecular weight excluding hydrogens is 644 g/mol. The summed E-state index contributed by atoms with van der Waals surface area (Å²) in [4.78, 5) is 66.5. The van der Waals surface area contributed by atoms with Crippen molar-refractivity contribution in [2.45, 2.75) is 168 Å². The van der Waals surface area contributed by atoms with E-state index in [1.54, 1.807) is 32.9 Å². The second kappa shape index (κ2) is 18.2. The Morgan fingerprint density at radius 2 is 1.56 bits per heavy atom. The van der Waals surface area contributed by atoms with E-state index in [2.05, 4.69) is 21.3 Å². The van der Waals surface area contributed by atoms with Crippen LogP contribution < -0.4 is 21.3 Å². The van der Waals surface area contributed by atoms with E-state index in [-0.39, 0.29) is 43.3 Å². The van der Waals surface area contributed by atoms with Gasteiger partial charge in [-0.05, 0) is 93.9 Å². The molecule has 2 aliphatic heterocycles. The molecule has 0 aliphatic carbocycles. The van der Waals surface area contributed by atoms with Gasteiger partial charge in [-0.2, -0.15) is 5.06 Å². The molecule has 0 aromatic rings. The third-order valence-corrected chi connectivity index (χ3v) is 8.61. The predicted molar refractivity (Wildman–Crippen MR) is 190 cm³/mol. The number of piperidine rings is 1. The monoisotopic (exact) mass is 708 g/mol. The van der Waals surface area contributed by atoms with Gasteiger partial charge in [0.05, 0.1) is 6.04 Å². The third-order valence-electron chi connectivity index (χ3n) is 8.61. The van der Waals surface area contributed by atoms with Crippen LogP contribution in [0.4, 0.5) is 9.59 Å². The van der Waals surface area contributed by atoms with Crippen LogP contribution in [0, 0.1) is 5.92 Å². The smallest absolute Gasteiger partial charge is 0.408 e. The van der Waals surface area contributed by atoms with E-state index in [0.29, 0.717) is 38.6 Å². The molecule has 0 aromatic heterocycles. The molecule has 5 N–H and O–H groups in total. The maximum atomic E-state index is 13.5. The summed E-state index contributed by atoms with van der Waals surface area (Å²) in [5.41, 5.74) is -1.81. The number of carbonyl (C=O) groups is 5. The Morgan fingerprint density at radius 1 is 0.940 bits per heavy atom. The van der Waals surface area contributed by atoms with Crippen LogP contribution in [-0.2, 0) is 23.9 Å². The summed E-state index contributed by atoms with van der Waals surface area (Å²) >= 11 is 0. The molecular formula is C36H64N6O8. The second-order valence-corrected chi connectivity index (χ2v) is 16.6. The van der Waals surface area contributed by atoms with Gasteiger partial charge in [-0.25, -0.2) is 9.59 Å². The van der Waals surface area contributed by atoms with E-state index in [9.17, 15) is 29.2 Å².